The van der Waals surface area contributed by atoms with Gasteiger partial charge in [-0.3, -0.25) is 4.79 Å². The van der Waals surface area contributed by atoms with Gasteiger partial charge in [-0.1, -0.05) is 27.7 Å². The molecule has 0 bridgehead atoms. The number of rotatable bonds is 5. The number of hydrogen-bond acceptors (Lipinski definition) is 4. The summed E-state index contributed by atoms with van der Waals surface area (Å²) in [4.78, 5) is 24.7. The van der Waals surface area contributed by atoms with E-state index in [0.717, 1.165) is 11.3 Å². The number of allylic oxidation sites excluding steroid dienone is 1. The molecule has 0 atom stereocenters. The van der Waals surface area contributed by atoms with Gasteiger partial charge in [0.15, 0.2) is 0 Å². The summed E-state index contributed by atoms with van der Waals surface area (Å²) in [5.74, 6) is 0.327. The largest absolute Gasteiger partial charge is 0.546 e. The molecule has 5 nitrogen and oxygen atoms in total. The Labute approximate surface area is 128 Å². The van der Waals surface area contributed by atoms with E-state index in [1.807, 2.05) is 6.92 Å². The molecule has 1 heterocycles. The molecule has 0 unspecified atom stereocenters. The van der Waals surface area contributed by atoms with Crippen molar-refractivity contribution in [2.45, 2.75) is 58.7 Å². The number of carbonyl (C=O) groups excluding carboxylic acids is 2. The van der Waals surface area contributed by atoms with Gasteiger partial charge in [0.1, 0.15) is 6.61 Å². The van der Waals surface area contributed by atoms with E-state index in [0.29, 0.717) is 18.7 Å². The third-order valence-corrected chi connectivity index (χ3v) is 8.39. The van der Waals surface area contributed by atoms with Gasteiger partial charge in [0, 0.05) is 12.5 Å². The van der Waals surface area contributed by atoms with Gasteiger partial charge in [-0.05, 0) is 24.6 Å². The summed E-state index contributed by atoms with van der Waals surface area (Å²) in [6.07, 6.45) is 2.47. The summed E-state index contributed by atoms with van der Waals surface area (Å²) in [5, 5.41) is 0.0649. The van der Waals surface area contributed by atoms with Crippen LogP contribution in [0.1, 0.15) is 40.5 Å². The van der Waals surface area contributed by atoms with Gasteiger partial charge in [-0.25, -0.2) is 9.69 Å². The summed E-state index contributed by atoms with van der Waals surface area (Å²) in [5.41, 5.74) is 0. The Bertz CT molecular complexity index is 437. The number of carbonyl (C=O) groups is 2. The van der Waals surface area contributed by atoms with Crippen molar-refractivity contribution >= 4 is 20.3 Å². The number of hydrogen-bond donors (Lipinski definition) is 0. The summed E-state index contributed by atoms with van der Waals surface area (Å²) in [6.45, 7) is 13.4. The van der Waals surface area contributed by atoms with E-state index >= 15 is 0 Å². The van der Waals surface area contributed by atoms with E-state index in [9.17, 15) is 9.59 Å². The van der Waals surface area contributed by atoms with Gasteiger partial charge in [-0.2, -0.15) is 0 Å². The lowest BCUT2D eigenvalue weighted by atomic mass is 10.2. The first-order chi connectivity index (χ1) is 9.58. The van der Waals surface area contributed by atoms with Crippen LogP contribution in [-0.2, 0) is 14.0 Å². The van der Waals surface area contributed by atoms with E-state index < -0.39 is 14.4 Å². The lowest BCUT2D eigenvalue weighted by molar-refractivity contribution is -0.122. The zero-order valence-corrected chi connectivity index (χ0v) is 15.0. The van der Waals surface area contributed by atoms with Crippen molar-refractivity contribution in [2.75, 3.05) is 13.2 Å². The maximum absolute atomic E-state index is 12.2. The average Bonchev–Trinajstić information content (AvgIpc) is 2.73. The van der Waals surface area contributed by atoms with Crippen molar-refractivity contribution in [3.05, 3.63) is 11.8 Å². The van der Waals surface area contributed by atoms with Crippen molar-refractivity contribution in [3.63, 3.8) is 0 Å². The zero-order chi connectivity index (χ0) is 16.3. The Morgan fingerprint density at radius 1 is 1.43 bits per heavy atom. The number of amides is 2. The van der Waals surface area contributed by atoms with Crippen molar-refractivity contribution in [3.8, 4) is 0 Å². The highest BCUT2D eigenvalue weighted by Gasteiger charge is 2.39. The highest BCUT2D eigenvalue weighted by molar-refractivity contribution is 6.74. The topological polar surface area (TPSA) is 55.8 Å². The molecule has 0 spiro atoms. The Kier molecular flexibility index (Phi) is 5.61. The molecule has 1 aliphatic heterocycles. The normalized spacial score (nSPS) is 17.0. The molecule has 21 heavy (non-hydrogen) atoms. The summed E-state index contributed by atoms with van der Waals surface area (Å²) in [6, 6.07) is 0. The van der Waals surface area contributed by atoms with Gasteiger partial charge in [-0.15, -0.1) is 0 Å². The second-order valence-corrected chi connectivity index (χ2v) is 11.6. The molecular weight excluding hydrogens is 286 g/mol. The molecular formula is C15H27NO4Si. The first-order valence-electron chi connectivity index (χ1n) is 7.46. The van der Waals surface area contributed by atoms with Gasteiger partial charge >= 0.3 is 6.09 Å². The lowest BCUT2D eigenvalue weighted by Crippen LogP contribution is -2.40. The number of nitrogens with zero attached hydrogens (tertiary/aromatic N) is 1. The third kappa shape index (κ3) is 4.59. The van der Waals surface area contributed by atoms with Crippen LogP contribution in [0.25, 0.3) is 0 Å². The molecule has 1 rings (SSSR count). The fourth-order valence-corrected chi connectivity index (χ4v) is 2.81. The fourth-order valence-electron chi connectivity index (χ4n) is 1.69. The second-order valence-electron chi connectivity index (χ2n) is 6.83. The van der Waals surface area contributed by atoms with Crippen LogP contribution in [0.3, 0.4) is 0 Å². The summed E-state index contributed by atoms with van der Waals surface area (Å²) >= 11 is 0. The smallest absolute Gasteiger partial charge is 0.416 e. The maximum atomic E-state index is 12.2. The van der Waals surface area contributed by atoms with Gasteiger partial charge in [0.2, 0.25) is 8.32 Å². The van der Waals surface area contributed by atoms with Crippen molar-refractivity contribution < 1.29 is 18.8 Å². The van der Waals surface area contributed by atoms with E-state index in [1.165, 1.54) is 6.08 Å². The average molecular weight is 313 g/mol. The molecule has 1 saturated heterocycles. The monoisotopic (exact) mass is 313 g/mol. The zero-order valence-electron chi connectivity index (χ0n) is 14.0. The standard InChI is InChI=1S/C15H27NO4Si/c1-7-8-12(20-21(5,6)15(2,3)4)11-13(17)16-9-10-19-14(16)18/h11H,7-10H2,1-6H3/b12-11+. The Balaban J connectivity index is 2.88. The van der Waals surface area contributed by atoms with Crippen LogP contribution in [-0.4, -0.2) is 38.4 Å². The lowest BCUT2D eigenvalue weighted by Gasteiger charge is -2.37. The molecule has 1 aliphatic rings. The quantitative estimate of drug-likeness (QED) is 0.441. The predicted octanol–water partition coefficient (Wildman–Crippen LogP) is 3.67. The molecule has 1 fully saturated rings. The Morgan fingerprint density at radius 2 is 2.05 bits per heavy atom. The minimum Gasteiger partial charge on any atom is -0.546 e. The second kappa shape index (κ2) is 6.64. The minimum absolute atomic E-state index is 0.0649. The molecule has 0 aromatic carbocycles. The molecule has 0 aliphatic carbocycles. The van der Waals surface area contributed by atoms with Crippen molar-refractivity contribution in [1.29, 1.82) is 0 Å². The first kappa shape index (κ1) is 17.7. The van der Waals surface area contributed by atoms with E-state index in [-0.39, 0.29) is 17.6 Å². The Hall–Kier alpha value is -1.30. The molecule has 0 N–H and O–H groups in total. The van der Waals surface area contributed by atoms with Gasteiger partial charge in [0.25, 0.3) is 5.91 Å². The highest BCUT2D eigenvalue weighted by atomic mass is 28.4. The van der Waals surface area contributed by atoms with Crippen molar-refractivity contribution in [2.24, 2.45) is 0 Å². The van der Waals surface area contributed by atoms with Crippen LogP contribution in [0.15, 0.2) is 11.8 Å². The summed E-state index contributed by atoms with van der Waals surface area (Å²) < 4.78 is 11.0. The minimum atomic E-state index is -1.98. The molecule has 0 aromatic rings. The molecule has 0 aromatic heterocycles. The van der Waals surface area contributed by atoms with E-state index in [4.69, 9.17) is 9.16 Å². The van der Waals surface area contributed by atoms with Crippen LogP contribution in [0.5, 0.6) is 0 Å². The number of imide groups is 1. The predicted molar refractivity (Wildman–Crippen MR) is 84.3 cm³/mol. The molecule has 0 saturated carbocycles. The van der Waals surface area contributed by atoms with Crippen LogP contribution >= 0.6 is 0 Å². The Morgan fingerprint density at radius 3 is 2.48 bits per heavy atom. The maximum Gasteiger partial charge on any atom is 0.416 e. The molecule has 6 heteroatoms. The third-order valence-electron chi connectivity index (χ3n) is 4.00. The van der Waals surface area contributed by atoms with Crippen LogP contribution in [0.4, 0.5) is 4.79 Å². The van der Waals surface area contributed by atoms with Gasteiger partial charge < -0.3 is 9.16 Å². The molecule has 2 amide bonds. The highest BCUT2D eigenvalue weighted by Crippen LogP contribution is 2.38. The van der Waals surface area contributed by atoms with Crippen LogP contribution in [0.2, 0.25) is 18.1 Å². The van der Waals surface area contributed by atoms with E-state index in [2.05, 4.69) is 33.9 Å². The molecule has 120 valence electrons. The van der Waals surface area contributed by atoms with Gasteiger partial charge in [0.05, 0.1) is 12.3 Å². The van der Waals surface area contributed by atoms with Crippen LogP contribution < -0.4 is 0 Å². The SMILES string of the molecule is CCC/C(=C\C(=O)N1CCOC1=O)O[Si](C)(C)C(C)(C)C. The number of ether oxygens (including phenoxy) is 1. The van der Waals surface area contributed by atoms with Crippen molar-refractivity contribution in [1.82, 2.24) is 4.90 Å². The number of cyclic esters (lactones) is 1. The fraction of sp³-hybridized carbons (Fsp3) is 0.733. The van der Waals surface area contributed by atoms with Crippen LogP contribution in [0, 0.1) is 0 Å². The summed E-state index contributed by atoms with van der Waals surface area (Å²) in [7, 11) is -1.98. The molecule has 0 radical (unpaired) electrons. The first-order valence-corrected chi connectivity index (χ1v) is 10.4. The van der Waals surface area contributed by atoms with E-state index in [1.54, 1.807) is 0 Å².